The molecule has 0 saturated carbocycles. The zero-order valence-corrected chi connectivity index (χ0v) is 17.0. The van der Waals surface area contributed by atoms with Crippen LogP contribution < -0.4 is 4.90 Å². The number of anilines is 3. The molecule has 0 bridgehead atoms. The van der Waals surface area contributed by atoms with Crippen molar-refractivity contribution in [3.05, 3.63) is 91.4 Å². The highest BCUT2D eigenvalue weighted by Crippen LogP contribution is 2.45. The van der Waals surface area contributed by atoms with E-state index in [-0.39, 0.29) is 5.91 Å². The Hall–Kier alpha value is -4.25. The first-order valence-corrected chi connectivity index (χ1v) is 10.3. The Morgan fingerprint density at radius 3 is 1.81 bits per heavy atom. The van der Waals surface area contributed by atoms with Crippen LogP contribution in [0, 0.1) is 0 Å². The Bertz CT molecular complexity index is 1510. The highest BCUT2D eigenvalue weighted by Gasteiger charge is 2.23. The van der Waals surface area contributed by atoms with Gasteiger partial charge in [0.25, 0.3) is 0 Å². The molecule has 6 rings (SSSR count). The normalized spacial score (nSPS) is 11.5. The summed E-state index contributed by atoms with van der Waals surface area (Å²) in [5.41, 5.74) is 6.06. The molecule has 31 heavy (non-hydrogen) atoms. The smallest absolute Gasteiger partial charge is 0.228 e. The predicted molar refractivity (Wildman–Crippen MR) is 127 cm³/mol. The van der Waals surface area contributed by atoms with Gasteiger partial charge in [0.1, 0.15) is 0 Å². The van der Waals surface area contributed by atoms with Gasteiger partial charge in [0.15, 0.2) is 0 Å². The van der Waals surface area contributed by atoms with Crippen LogP contribution in [0.15, 0.2) is 91.4 Å². The van der Waals surface area contributed by atoms with E-state index in [0.717, 1.165) is 49.8 Å². The Labute approximate surface area is 178 Å². The number of aromatic nitrogens is 3. The molecule has 0 atom stereocenters. The molecule has 5 heteroatoms. The second-order valence-electron chi connectivity index (χ2n) is 7.69. The molecule has 150 valence electrons. The first-order chi connectivity index (χ1) is 15.2. The predicted octanol–water partition coefficient (Wildman–Crippen LogP) is 6.73. The van der Waals surface area contributed by atoms with Crippen molar-refractivity contribution in [1.82, 2.24) is 14.5 Å². The maximum atomic E-state index is 12.4. The van der Waals surface area contributed by atoms with Gasteiger partial charge in [0.2, 0.25) is 5.91 Å². The molecule has 0 aliphatic rings. The molecule has 0 amide bonds. The van der Waals surface area contributed by atoms with Gasteiger partial charge in [-0.2, -0.15) is 0 Å². The van der Waals surface area contributed by atoms with Gasteiger partial charge in [-0.25, -0.2) is 0 Å². The van der Waals surface area contributed by atoms with Crippen molar-refractivity contribution in [3.63, 3.8) is 0 Å². The number of nitrogens with one attached hydrogen (secondary N) is 2. The van der Waals surface area contributed by atoms with Crippen molar-refractivity contribution in [1.29, 1.82) is 0 Å². The van der Waals surface area contributed by atoms with Crippen molar-refractivity contribution in [3.8, 4) is 0 Å². The number of para-hydroxylation sites is 3. The van der Waals surface area contributed by atoms with Gasteiger partial charge in [-0.05, 0) is 18.2 Å². The number of hydrogen-bond acceptors (Lipinski definition) is 2. The van der Waals surface area contributed by atoms with Crippen LogP contribution in [-0.4, -0.2) is 20.4 Å². The lowest BCUT2D eigenvalue weighted by atomic mass is 10.1. The Kier molecular flexibility index (Phi) is 3.77. The number of benzene rings is 3. The maximum Gasteiger partial charge on any atom is 0.228 e. The highest BCUT2D eigenvalue weighted by molar-refractivity contribution is 6.09. The van der Waals surface area contributed by atoms with E-state index >= 15 is 0 Å². The van der Waals surface area contributed by atoms with E-state index in [4.69, 9.17) is 0 Å². The average molecular weight is 404 g/mol. The number of hydrogen-bond donors (Lipinski definition) is 2. The van der Waals surface area contributed by atoms with E-state index in [2.05, 4.69) is 45.2 Å². The van der Waals surface area contributed by atoms with Gasteiger partial charge < -0.3 is 14.9 Å². The molecule has 0 saturated heterocycles. The molecule has 0 radical (unpaired) electrons. The lowest BCUT2D eigenvalue weighted by molar-refractivity contribution is 0.0941. The van der Waals surface area contributed by atoms with Crippen LogP contribution in [0.1, 0.15) is 11.7 Å². The van der Waals surface area contributed by atoms with Gasteiger partial charge in [-0.15, -0.1) is 0 Å². The molecule has 2 N–H and O–H groups in total. The van der Waals surface area contributed by atoms with Gasteiger partial charge in [0, 0.05) is 52.7 Å². The zero-order valence-electron chi connectivity index (χ0n) is 17.0. The lowest BCUT2D eigenvalue weighted by Gasteiger charge is -2.23. The summed E-state index contributed by atoms with van der Waals surface area (Å²) in [6.07, 6.45) is 6.01. The summed E-state index contributed by atoms with van der Waals surface area (Å²) in [7, 11) is 0. The highest BCUT2D eigenvalue weighted by atomic mass is 16.1. The first kappa shape index (κ1) is 17.6. The van der Waals surface area contributed by atoms with Crippen LogP contribution in [0.25, 0.3) is 32.7 Å². The van der Waals surface area contributed by atoms with E-state index < -0.39 is 0 Å². The quantitative estimate of drug-likeness (QED) is 0.343. The van der Waals surface area contributed by atoms with Crippen LogP contribution in [0.4, 0.5) is 17.1 Å². The average Bonchev–Trinajstić information content (AvgIpc) is 3.51. The second kappa shape index (κ2) is 6.64. The number of carbonyl (C=O) groups excluding carboxylic acids is 1. The summed E-state index contributed by atoms with van der Waals surface area (Å²) >= 11 is 0. The molecule has 0 aliphatic heterocycles. The van der Waals surface area contributed by atoms with Crippen LogP contribution >= 0.6 is 0 Å². The third kappa shape index (κ3) is 2.60. The summed E-state index contributed by atoms with van der Waals surface area (Å²) < 4.78 is 1.72. The fraction of sp³-hybridized carbons (Fsp3) is 0.0385. The molecule has 0 fully saturated rings. The SMILES string of the molecule is CC(=O)n1cc(N(c2c[nH]c3ccccc23)c2c[nH]c3ccccc23)c2ccccc21. The summed E-state index contributed by atoms with van der Waals surface area (Å²) in [4.78, 5) is 21.5. The Balaban J connectivity index is 1.72. The molecule has 3 heterocycles. The number of aromatic amines is 2. The molecular formula is C26H20N4O. The third-order valence-corrected chi connectivity index (χ3v) is 5.89. The fourth-order valence-corrected chi connectivity index (χ4v) is 4.47. The minimum atomic E-state index is -0.0137. The third-order valence-electron chi connectivity index (χ3n) is 5.89. The standard InChI is InChI=1S/C26H20N4O/c1-17(31)29-16-26(20-10-4-7-13-23(20)29)30(24-14-27-21-11-5-2-8-18(21)24)25-15-28-22-12-6-3-9-19(22)25/h2-16,27-28H,1H3. The molecule has 3 aromatic carbocycles. The molecule has 6 aromatic rings. The topological polar surface area (TPSA) is 56.8 Å². The van der Waals surface area contributed by atoms with Crippen LogP contribution in [0.3, 0.4) is 0 Å². The van der Waals surface area contributed by atoms with Crippen LogP contribution in [0.5, 0.6) is 0 Å². The molecule has 0 spiro atoms. The van der Waals surface area contributed by atoms with Gasteiger partial charge >= 0.3 is 0 Å². The minimum Gasteiger partial charge on any atom is -0.359 e. The van der Waals surface area contributed by atoms with E-state index in [0.29, 0.717) is 0 Å². The largest absolute Gasteiger partial charge is 0.359 e. The maximum absolute atomic E-state index is 12.4. The molecule has 3 aromatic heterocycles. The van der Waals surface area contributed by atoms with Crippen molar-refractivity contribution in [2.24, 2.45) is 0 Å². The van der Waals surface area contributed by atoms with Crippen molar-refractivity contribution < 1.29 is 4.79 Å². The number of rotatable bonds is 3. The fourth-order valence-electron chi connectivity index (χ4n) is 4.47. The number of nitrogens with zero attached hydrogens (tertiary/aromatic N) is 2. The van der Waals surface area contributed by atoms with E-state index in [1.807, 2.05) is 61.1 Å². The number of H-pyrrole nitrogens is 2. The van der Waals surface area contributed by atoms with Crippen molar-refractivity contribution in [2.45, 2.75) is 6.92 Å². The van der Waals surface area contributed by atoms with Crippen molar-refractivity contribution >= 4 is 55.7 Å². The second-order valence-corrected chi connectivity index (χ2v) is 7.69. The Morgan fingerprint density at radius 1 is 0.710 bits per heavy atom. The zero-order chi connectivity index (χ0) is 20.9. The monoisotopic (exact) mass is 404 g/mol. The summed E-state index contributed by atoms with van der Waals surface area (Å²) in [5.74, 6) is -0.0137. The van der Waals surface area contributed by atoms with E-state index in [1.165, 1.54) is 0 Å². The van der Waals surface area contributed by atoms with Crippen molar-refractivity contribution in [2.75, 3.05) is 4.90 Å². The number of carbonyl (C=O) groups is 1. The van der Waals surface area contributed by atoms with Gasteiger partial charge in [0.05, 0.1) is 22.6 Å². The minimum absolute atomic E-state index is 0.0137. The molecule has 0 aliphatic carbocycles. The van der Waals surface area contributed by atoms with Crippen LogP contribution in [0.2, 0.25) is 0 Å². The molecule has 5 nitrogen and oxygen atoms in total. The number of fused-ring (bicyclic) bond motifs is 3. The summed E-state index contributed by atoms with van der Waals surface area (Å²) in [5, 5.41) is 3.26. The van der Waals surface area contributed by atoms with Gasteiger partial charge in [-0.3, -0.25) is 9.36 Å². The van der Waals surface area contributed by atoms with Gasteiger partial charge in [-0.1, -0.05) is 54.6 Å². The van der Waals surface area contributed by atoms with E-state index in [9.17, 15) is 4.79 Å². The van der Waals surface area contributed by atoms with Crippen LogP contribution in [-0.2, 0) is 0 Å². The molecular weight excluding hydrogens is 384 g/mol. The Morgan fingerprint density at radius 2 is 1.23 bits per heavy atom. The summed E-state index contributed by atoms with van der Waals surface area (Å²) in [6, 6.07) is 24.6. The molecule has 0 unspecified atom stereocenters. The van der Waals surface area contributed by atoms with E-state index in [1.54, 1.807) is 11.5 Å². The first-order valence-electron chi connectivity index (χ1n) is 10.3. The lowest BCUT2D eigenvalue weighted by Crippen LogP contribution is -2.09. The summed E-state index contributed by atoms with van der Waals surface area (Å²) in [6.45, 7) is 1.60.